The van der Waals surface area contributed by atoms with Crippen LogP contribution < -0.4 is 5.32 Å². The quantitative estimate of drug-likeness (QED) is 0.458. The maximum atomic E-state index is 13.2. The number of amides is 1. The number of H-pyrrole nitrogens is 2. The number of aromatic carboxylic acids is 1. The molecule has 0 spiro atoms. The third-order valence-corrected chi connectivity index (χ3v) is 3.94. The average molecular weight is 337 g/mol. The molecule has 2 heterocycles. The Balaban J connectivity index is 1.62. The molecule has 0 saturated carbocycles. The van der Waals surface area contributed by atoms with E-state index in [1.165, 1.54) is 18.2 Å². The average Bonchev–Trinajstić information content (AvgIpc) is 3.17. The predicted molar refractivity (Wildman–Crippen MR) is 91.5 cm³/mol. The van der Waals surface area contributed by atoms with Gasteiger partial charge in [0.25, 0.3) is 5.91 Å². The van der Waals surface area contributed by atoms with Crippen molar-refractivity contribution < 1.29 is 19.1 Å². The number of nitrogens with one attached hydrogen (secondary N) is 3. The number of rotatable bonds is 3. The Bertz CT molecular complexity index is 1140. The van der Waals surface area contributed by atoms with Crippen LogP contribution in [0.15, 0.2) is 48.5 Å². The van der Waals surface area contributed by atoms with Gasteiger partial charge in [0.05, 0.1) is 0 Å². The lowest BCUT2D eigenvalue weighted by atomic mass is 10.2. The molecule has 6 nitrogen and oxygen atoms in total. The second kappa shape index (κ2) is 5.48. The molecule has 4 aromatic rings. The fraction of sp³-hybridized carbons (Fsp3) is 0. The van der Waals surface area contributed by atoms with E-state index in [1.54, 1.807) is 30.3 Å². The minimum absolute atomic E-state index is 0.0797. The fourth-order valence-corrected chi connectivity index (χ4v) is 2.75. The molecule has 0 bridgehead atoms. The molecule has 0 unspecified atom stereocenters. The molecule has 1 amide bonds. The van der Waals surface area contributed by atoms with Gasteiger partial charge in [-0.1, -0.05) is 0 Å². The minimum Gasteiger partial charge on any atom is -0.477 e. The number of aromatic nitrogens is 2. The Kier molecular flexibility index (Phi) is 3.28. The molecule has 2 aromatic carbocycles. The van der Waals surface area contributed by atoms with Gasteiger partial charge in [-0.2, -0.15) is 0 Å². The highest BCUT2D eigenvalue weighted by Crippen LogP contribution is 2.22. The molecule has 0 aliphatic rings. The highest BCUT2D eigenvalue weighted by atomic mass is 19.1. The van der Waals surface area contributed by atoms with Gasteiger partial charge in [0, 0.05) is 27.5 Å². The number of anilines is 1. The van der Waals surface area contributed by atoms with Gasteiger partial charge in [-0.15, -0.1) is 0 Å². The van der Waals surface area contributed by atoms with Crippen molar-refractivity contribution in [1.29, 1.82) is 0 Å². The highest BCUT2D eigenvalue weighted by Gasteiger charge is 2.12. The monoisotopic (exact) mass is 337 g/mol. The lowest BCUT2D eigenvalue weighted by Crippen LogP contribution is -2.11. The number of halogens is 1. The van der Waals surface area contributed by atoms with Crippen LogP contribution in [0.25, 0.3) is 21.8 Å². The molecule has 25 heavy (non-hydrogen) atoms. The first-order chi connectivity index (χ1) is 12.0. The topological polar surface area (TPSA) is 98.0 Å². The lowest BCUT2D eigenvalue weighted by molar-refractivity contribution is 0.0691. The largest absolute Gasteiger partial charge is 0.477 e. The molecule has 0 atom stereocenters. The normalized spacial score (nSPS) is 11.1. The summed E-state index contributed by atoms with van der Waals surface area (Å²) in [7, 11) is 0. The van der Waals surface area contributed by atoms with Crippen LogP contribution in [0, 0.1) is 5.82 Å². The Labute approximate surface area is 140 Å². The van der Waals surface area contributed by atoms with E-state index >= 15 is 0 Å². The molecule has 0 saturated heterocycles. The third kappa shape index (κ3) is 2.72. The summed E-state index contributed by atoms with van der Waals surface area (Å²) >= 11 is 0. The summed E-state index contributed by atoms with van der Waals surface area (Å²) in [6.07, 6.45) is 0. The van der Waals surface area contributed by atoms with Crippen molar-refractivity contribution in [2.45, 2.75) is 0 Å². The van der Waals surface area contributed by atoms with Crippen LogP contribution in [0.3, 0.4) is 0 Å². The highest BCUT2D eigenvalue weighted by molar-refractivity contribution is 6.06. The van der Waals surface area contributed by atoms with E-state index in [4.69, 9.17) is 5.11 Å². The number of carboxylic acid groups (broad SMARTS) is 1. The number of hydrogen-bond acceptors (Lipinski definition) is 2. The molecule has 4 N–H and O–H groups in total. The molecule has 0 aliphatic carbocycles. The number of carboxylic acids is 1. The zero-order chi connectivity index (χ0) is 17.6. The first-order valence-corrected chi connectivity index (χ1v) is 7.45. The van der Waals surface area contributed by atoms with Crippen molar-refractivity contribution in [2.24, 2.45) is 0 Å². The van der Waals surface area contributed by atoms with Crippen LogP contribution in [-0.4, -0.2) is 27.0 Å². The van der Waals surface area contributed by atoms with Gasteiger partial charge >= 0.3 is 5.97 Å². The summed E-state index contributed by atoms with van der Waals surface area (Å²) in [5.41, 5.74) is 2.24. The maximum Gasteiger partial charge on any atom is 0.352 e. The van der Waals surface area contributed by atoms with Gasteiger partial charge < -0.3 is 20.4 Å². The zero-order valence-electron chi connectivity index (χ0n) is 12.8. The van der Waals surface area contributed by atoms with E-state index in [2.05, 4.69) is 15.3 Å². The molecular formula is C18H12FN3O3. The van der Waals surface area contributed by atoms with Crippen LogP contribution >= 0.6 is 0 Å². The zero-order valence-corrected chi connectivity index (χ0v) is 12.8. The van der Waals surface area contributed by atoms with Crippen molar-refractivity contribution in [2.75, 3.05) is 5.32 Å². The molecule has 0 aliphatic heterocycles. The van der Waals surface area contributed by atoms with E-state index in [-0.39, 0.29) is 17.4 Å². The van der Waals surface area contributed by atoms with Crippen molar-refractivity contribution in [1.82, 2.24) is 9.97 Å². The van der Waals surface area contributed by atoms with E-state index in [0.29, 0.717) is 33.2 Å². The first kappa shape index (κ1) is 14.9. The molecule has 0 fully saturated rings. The second-order valence-corrected chi connectivity index (χ2v) is 5.66. The van der Waals surface area contributed by atoms with Crippen LogP contribution in [0.2, 0.25) is 0 Å². The Morgan fingerprint density at radius 2 is 1.52 bits per heavy atom. The van der Waals surface area contributed by atoms with Crippen molar-refractivity contribution in [3.8, 4) is 0 Å². The molecule has 2 aromatic heterocycles. The number of carbonyl (C=O) groups is 2. The smallest absolute Gasteiger partial charge is 0.352 e. The Morgan fingerprint density at radius 3 is 2.28 bits per heavy atom. The summed E-state index contributed by atoms with van der Waals surface area (Å²) in [6, 6.07) is 12.4. The molecular weight excluding hydrogens is 325 g/mol. The standard InChI is InChI=1S/C18H12FN3O3/c19-11-1-3-13-9(5-11)7-15(21-13)17(23)20-12-2-4-14-10(6-12)8-16(22-14)18(24)25/h1-8,21-22H,(H,20,23)(H,24,25). The number of benzene rings is 2. The van der Waals surface area contributed by atoms with Crippen LogP contribution in [0.5, 0.6) is 0 Å². The van der Waals surface area contributed by atoms with Gasteiger partial charge in [-0.3, -0.25) is 4.79 Å². The summed E-state index contributed by atoms with van der Waals surface area (Å²) < 4.78 is 13.2. The number of carbonyl (C=O) groups excluding carboxylic acids is 1. The summed E-state index contributed by atoms with van der Waals surface area (Å²) in [5.74, 6) is -1.79. The maximum absolute atomic E-state index is 13.2. The van der Waals surface area contributed by atoms with Gasteiger partial charge in [-0.25, -0.2) is 9.18 Å². The third-order valence-electron chi connectivity index (χ3n) is 3.94. The lowest BCUT2D eigenvalue weighted by Gasteiger charge is -2.03. The second-order valence-electron chi connectivity index (χ2n) is 5.66. The Morgan fingerprint density at radius 1 is 0.880 bits per heavy atom. The number of fused-ring (bicyclic) bond motifs is 2. The van der Waals surface area contributed by atoms with Gasteiger partial charge in [0.15, 0.2) is 0 Å². The summed E-state index contributed by atoms with van der Waals surface area (Å²) in [4.78, 5) is 29.1. The fourth-order valence-electron chi connectivity index (χ4n) is 2.75. The Hall–Kier alpha value is -3.61. The first-order valence-electron chi connectivity index (χ1n) is 7.45. The van der Waals surface area contributed by atoms with Crippen molar-refractivity contribution >= 4 is 39.4 Å². The van der Waals surface area contributed by atoms with E-state index < -0.39 is 5.97 Å². The van der Waals surface area contributed by atoms with E-state index in [0.717, 1.165) is 0 Å². The molecule has 0 radical (unpaired) electrons. The number of hydrogen-bond donors (Lipinski definition) is 4. The van der Waals surface area contributed by atoms with E-state index in [9.17, 15) is 14.0 Å². The van der Waals surface area contributed by atoms with Gasteiger partial charge in [0.2, 0.25) is 0 Å². The predicted octanol–water partition coefficient (Wildman–Crippen LogP) is 3.74. The van der Waals surface area contributed by atoms with Crippen LogP contribution in [-0.2, 0) is 0 Å². The minimum atomic E-state index is -1.05. The number of aromatic amines is 2. The molecule has 7 heteroatoms. The van der Waals surface area contributed by atoms with Crippen LogP contribution in [0.4, 0.5) is 10.1 Å². The van der Waals surface area contributed by atoms with E-state index in [1.807, 2.05) is 0 Å². The van der Waals surface area contributed by atoms with Gasteiger partial charge in [0.1, 0.15) is 17.2 Å². The van der Waals surface area contributed by atoms with Crippen molar-refractivity contribution in [3.05, 3.63) is 65.7 Å². The SMILES string of the molecule is O=C(O)c1cc2cc(NC(=O)c3cc4cc(F)ccc4[nH]3)ccc2[nH]1. The van der Waals surface area contributed by atoms with Gasteiger partial charge in [-0.05, 0) is 48.5 Å². The summed E-state index contributed by atoms with van der Waals surface area (Å²) in [6.45, 7) is 0. The van der Waals surface area contributed by atoms with Crippen molar-refractivity contribution in [3.63, 3.8) is 0 Å². The molecule has 124 valence electrons. The summed E-state index contributed by atoms with van der Waals surface area (Å²) in [5, 5.41) is 13.0. The molecule has 4 rings (SSSR count). The van der Waals surface area contributed by atoms with Crippen LogP contribution in [0.1, 0.15) is 21.0 Å².